The van der Waals surface area contributed by atoms with Gasteiger partial charge in [-0.25, -0.2) is 19.7 Å². The lowest BCUT2D eigenvalue weighted by Gasteiger charge is -2.14. The smallest absolute Gasteiger partial charge is 0.357 e. The summed E-state index contributed by atoms with van der Waals surface area (Å²) in [6.45, 7) is 7.95. The van der Waals surface area contributed by atoms with Gasteiger partial charge in [0.1, 0.15) is 5.75 Å². The summed E-state index contributed by atoms with van der Waals surface area (Å²) in [5.74, 6) is 0.620. The second-order valence-corrected chi connectivity index (χ2v) is 6.81. The van der Waals surface area contributed by atoms with Gasteiger partial charge in [-0.1, -0.05) is 13.8 Å². The molecule has 0 aliphatic heterocycles. The number of carbonyl (C=O) groups is 1. The molecule has 8 heteroatoms. The summed E-state index contributed by atoms with van der Waals surface area (Å²) in [5.41, 5.74) is 3.53. The minimum absolute atomic E-state index is 0.0986. The number of aromatic nitrogens is 4. The number of imidazole rings is 1. The van der Waals surface area contributed by atoms with E-state index in [0.717, 1.165) is 22.6 Å². The first-order valence-corrected chi connectivity index (χ1v) is 9.43. The van der Waals surface area contributed by atoms with Crippen molar-refractivity contribution in [1.29, 1.82) is 0 Å². The average Bonchev–Trinajstić information content (AvgIpc) is 3.14. The van der Waals surface area contributed by atoms with Crippen molar-refractivity contribution in [2.24, 2.45) is 0 Å². The van der Waals surface area contributed by atoms with Crippen LogP contribution >= 0.6 is 0 Å². The van der Waals surface area contributed by atoms with E-state index in [2.05, 4.69) is 20.3 Å². The van der Waals surface area contributed by atoms with Gasteiger partial charge >= 0.3 is 5.97 Å². The van der Waals surface area contributed by atoms with Crippen molar-refractivity contribution in [3.05, 3.63) is 53.9 Å². The highest BCUT2D eigenvalue weighted by molar-refractivity contribution is 5.89. The average molecular weight is 395 g/mol. The number of aryl methyl sites for hydroxylation is 1. The Morgan fingerprint density at radius 1 is 1.28 bits per heavy atom. The fourth-order valence-electron chi connectivity index (χ4n) is 2.89. The molecule has 0 saturated carbocycles. The van der Waals surface area contributed by atoms with Gasteiger partial charge < -0.3 is 19.4 Å². The number of hydrogen-bond acceptors (Lipinski definition) is 7. The molecule has 0 bridgehead atoms. The van der Waals surface area contributed by atoms with Gasteiger partial charge in [0.2, 0.25) is 5.95 Å². The fourth-order valence-corrected chi connectivity index (χ4v) is 2.89. The van der Waals surface area contributed by atoms with Crippen LogP contribution < -0.4 is 10.1 Å². The Hall–Kier alpha value is -3.42. The lowest BCUT2D eigenvalue weighted by molar-refractivity contribution is 0.0517. The third-order valence-electron chi connectivity index (χ3n) is 4.33. The summed E-state index contributed by atoms with van der Waals surface area (Å²) in [6, 6.07) is 5.64. The number of nitrogens with one attached hydrogen (secondary N) is 1. The van der Waals surface area contributed by atoms with Crippen molar-refractivity contribution in [3.63, 3.8) is 0 Å². The third kappa shape index (κ3) is 4.53. The van der Waals surface area contributed by atoms with Crippen LogP contribution in [0.15, 0.2) is 36.9 Å². The normalized spacial score (nSPS) is 10.8. The second kappa shape index (κ2) is 8.72. The summed E-state index contributed by atoms with van der Waals surface area (Å²) in [7, 11) is 1.61. The maximum atomic E-state index is 12.3. The van der Waals surface area contributed by atoms with Gasteiger partial charge in [0.25, 0.3) is 0 Å². The predicted molar refractivity (Wildman–Crippen MR) is 110 cm³/mol. The van der Waals surface area contributed by atoms with E-state index >= 15 is 0 Å². The van der Waals surface area contributed by atoms with Crippen molar-refractivity contribution < 1.29 is 14.3 Å². The van der Waals surface area contributed by atoms with Crippen LogP contribution in [0.4, 0.5) is 11.6 Å². The van der Waals surface area contributed by atoms with E-state index in [1.807, 2.05) is 49.7 Å². The summed E-state index contributed by atoms with van der Waals surface area (Å²) in [4.78, 5) is 25.3. The zero-order valence-corrected chi connectivity index (χ0v) is 17.3. The molecular formula is C21H25N5O3. The molecule has 29 heavy (non-hydrogen) atoms. The van der Waals surface area contributed by atoms with Gasteiger partial charge in [0, 0.05) is 29.7 Å². The Bertz CT molecular complexity index is 1010. The Labute approximate surface area is 169 Å². The van der Waals surface area contributed by atoms with Crippen LogP contribution in [0, 0.1) is 6.92 Å². The Kier molecular flexibility index (Phi) is 6.11. The molecule has 0 saturated heterocycles. The van der Waals surface area contributed by atoms with Crippen molar-refractivity contribution in [2.75, 3.05) is 19.0 Å². The van der Waals surface area contributed by atoms with E-state index in [-0.39, 0.29) is 18.2 Å². The largest absolute Gasteiger partial charge is 0.494 e. The predicted octanol–water partition coefficient (Wildman–Crippen LogP) is 4.02. The van der Waals surface area contributed by atoms with Crippen LogP contribution in [0.5, 0.6) is 5.75 Å². The van der Waals surface area contributed by atoms with Crippen LogP contribution in [0.3, 0.4) is 0 Å². The maximum absolute atomic E-state index is 12.3. The van der Waals surface area contributed by atoms with E-state index in [1.54, 1.807) is 26.6 Å². The maximum Gasteiger partial charge on any atom is 0.357 e. The van der Waals surface area contributed by atoms with Crippen molar-refractivity contribution in [3.8, 4) is 11.4 Å². The molecule has 8 nitrogen and oxygen atoms in total. The van der Waals surface area contributed by atoms with E-state index in [1.165, 1.54) is 0 Å². The lowest BCUT2D eigenvalue weighted by atomic mass is 10.0. The number of anilines is 2. The zero-order valence-electron chi connectivity index (χ0n) is 17.3. The third-order valence-corrected chi connectivity index (χ3v) is 4.33. The minimum Gasteiger partial charge on any atom is -0.494 e. The number of esters is 1. The SMILES string of the molecule is CCOC(=O)c1nc(Nc2ccc(-n3cnc(C)c3)c(OC)c2)ncc1C(C)C. The van der Waals surface area contributed by atoms with Crippen LogP contribution in [0.1, 0.15) is 48.4 Å². The van der Waals surface area contributed by atoms with Gasteiger partial charge in [0.15, 0.2) is 5.69 Å². The molecule has 0 atom stereocenters. The topological polar surface area (TPSA) is 91.2 Å². The molecule has 0 spiro atoms. The van der Waals surface area contributed by atoms with E-state index in [4.69, 9.17) is 9.47 Å². The summed E-state index contributed by atoms with van der Waals surface area (Å²) in [5, 5.41) is 3.13. The molecule has 0 aliphatic rings. The van der Waals surface area contributed by atoms with Gasteiger partial charge in [0.05, 0.1) is 31.4 Å². The van der Waals surface area contributed by atoms with Gasteiger partial charge in [-0.15, -0.1) is 0 Å². The van der Waals surface area contributed by atoms with Crippen LogP contribution in [-0.2, 0) is 4.74 Å². The number of ether oxygens (including phenoxy) is 2. The zero-order chi connectivity index (χ0) is 21.0. The molecule has 0 radical (unpaired) electrons. The molecule has 3 aromatic rings. The van der Waals surface area contributed by atoms with Crippen molar-refractivity contribution in [2.45, 2.75) is 33.6 Å². The Morgan fingerprint density at radius 3 is 2.69 bits per heavy atom. The summed E-state index contributed by atoms with van der Waals surface area (Å²) in [6.07, 6.45) is 5.32. The molecule has 1 aromatic carbocycles. The van der Waals surface area contributed by atoms with Gasteiger partial charge in [-0.2, -0.15) is 0 Å². The lowest BCUT2D eigenvalue weighted by Crippen LogP contribution is -2.14. The highest BCUT2D eigenvalue weighted by atomic mass is 16.5. The Morgan fingerprint density at radius 2 is 2.07 bits per heavy atom. The highest BCUT2D eigenvalue weighted by Crippen LogP contribution is 2.28. The standard InChI is InChI=1S/C21H25N5O3/c1-6-29-20(27)19-16(13(2)3)10-22-21(25-19)24-15-7-8-17(18(9-15)28-5)26-11-14(4)23-12-26/h7-13H,6H2,1-5H3,(H,22,24,25). The number of methoxy groups -OCH3 is 1. The van der Waals surface area contributed by atoms with Gasteiger partial charge in [-0.3, -0.25) is 0 Å². The van der Waals surface area contributed by atoms with Crippen LogP contribution in [-0.4, -0.2) is 39.2 Å². The quantitative estimate of drug-likeness (QED) is 0.604. The molecule has 0 fully saturated rings. The molecule has 1 N–H and O–H groups in total. The molecule has 2 heterocycles. The number of nitrogens with zero attached hydrogens (tertiary/aromatic N) is 4. The van der Waals surface area contributed by atoms with E-state index in [9.17, 15) is 4.79 Å². The molecule has 3 rings (SSSR count). The monoisotopic (exact) mass is 395 g/mol. The molecule has 152 valence electrons. The van der Waals surface area contributed by atoms with E-state index < -0.39 is 5.97 Å². The number of benzene rings is 1. The van der Waals surface area contributed by atoms with Crippen LogP contribution in [0.2, 0.25) is 0 Å². The van der Waals surface area contributed by atoms with Crippen molar-refractivity contribution in [1.82, 2.24) is 19.5 Å². The molecule has 2 aromatic heterocycles. The first-order chi connectivity index (χ1) is 13.9. The molecule has 0 amide bonds. The first-order valence-electron chi connectivity index (χ1n) is 9.43. The van der Waals surface area contributed by atoms with Gasteiger partial charge in [-0.05, 0) is 31.9 Å². The molecular weight excluding hydrogens is 370 g/mol. The van der Waals surface area contributed by atoms with Crippen molar-refractivity contribution >= 4 is 17.6 Å². The summed E-state index contributed by atoms with van der Waals surface area (Å²) < 4.78 is 12.6. The molecule has 0 unspecified atom stereocenters. The highest BCUT2D eigenvalue weighted by Gasteiger charge is 2.19. The number of carbonyl (C=O) groups excluding carboxylic acids is 1. The fraction of sp³-hybridized carbons (Fsp3) is 0.333. The van der Waals surface area contributed by atoms with E-state index in [0.29, 0.717) is 11.7 Å². The summed E-state index contributed by atoms with van der Waals surface area (Å²) >= 11 is 0. The number of hydrogen-bond donors (Lipinski definition) is 1. The second-order valence-electron chi connectivity index (χ2n) is 6.81. The minimum atomic E-state index is -0.454. The molecule has 0 aliphatic carbocycles. The van der Waals surface area contributed by atoms with Crippen LogP contribution in [0.25, 0.3) is 5.69 Å². The Balaban J connectivity index is 1.91. The number of rotatable bonds is 7. The first kappa shape index (κ1) is 20.3.